The van der Waals surface area contributed by atoms with Gasteiger partial charge >= 0.3 is 5.97 Å². The summed E-state index contributed by atoms with van der Waals surface area (Å²) in [4.78, 5) is 14.5. The largest absolute Gasteiger partial charge is 0.461 e. The zero-order valence-corrected chi connectivity index (χ0v) is 27.0. The topological polar surface area (TPSA) is 76.0 Å². The Kier molecular flexibility index (Phi) is 7.35. The van der Waals surface area contributed by atoms with Gasteiger partial charge in [0.1, 0.15) is 6.61 Å². The molecule has 0 unspecified atom stereocenters. The monoisotopic (exact) mass is 578 g/mol. The molecule has 4 fully saturated rings. The van der Waals surface area contributed by atoms with Crippen LogP contribution in [0.5, 0.6) is 0 Å². The van der Waals surface area contributed by atoms with Crippen LogP contribution < -0.4 is 0 Å². The number of aliphatic hydroxyl groups excluding tert-OH is 2. The summed E-state index contributed by atoms with van der Waals surface area (Å²) < 4.78 is 12.5. The Bertz CT molecular complexity index is 1230. The van der Waals surface area contributed by atoms with Crippen LogP contribution in [0.25, 0.3) is 0 Å². The van der Waals surface area contributed by atoms with Gasteiger partial charge in [0.05, 0.1) is 31.3 Å². The van der Waals surface area contributed by atoms with E-state index < -0.39 is 17.6 Å². The first kappa shape index (κ1) is 30.3. The highest BCUT2D eigenvalue weighted by Gasteiger charge is 2.71. The fourth-order valence-electron chi connectivity index (χ4n) is 11.4. The molecule has 5 nitrogen and oxygen atoms in total. The molecule has 4 aliphatic carbocycles. The number of benzene rings is 1. The van der Waals surface area contributed by atoms with Crippen molar-refractivity contribution in [3.63, 3.8) is 0 Å². The van der Waals surface area contributed by atoms with E-state index in [9.17, 15) is 15.0 Å². The van der Waals surface area contributed by atoms with Gasteiger partial charge in [0.2, 0.25) is 0 Å². The van der Waals surface area contributed by atoms with Crippen molar-refractivity contribution in [3.05, 3.63) is 47.5 Å². The first-order chi connectivity index (χ1) is 19.7. The quantitative estimate of drug-likeness (QED) is 0.292. The number of rotatable bonds is 5. The van der Waals surface area contributed by atoms with Crippen LogP contribution in [0.2, 0.25) is 0 Å². The lowest BCUT2D eigenvalue weighted by molar-refractivity contribution is -0.253. The lowest BCUT2D eigenvalue weighted by Gasteiger charge is -2.71. The Labute approximate surface area is 253 Å². The molecular formula is C37H54O5. The van der Waals surface area contributed by atoms with Crippen LogP contribution in [-0.4, -0.2) is 41.6 Å². The van der Waals surface area contributed by atoms with Crippen molar-refractivity contribution < 1.29 is 24.5 Å². The van der Waals surface area contributed by atoms with Gasteiger partial charge in [-0.2, -0.15) is 0 Å². The summed E-state index contributed by atoms with van der Waals surface area (Å²) in [5.74, 6) is 1.19. The average Bonchev–Trinajstić information content (AvgIpc) is 2.95. The SMILES string of the molecule is CC(C)[C@@H](C)[C@@]1(C)CC[C@]2(C)[C@H]3CC[C@@H]4[C@@]5(COC[C@@]4(C)[C@@H](O)[C@H](O)C5)C3=CC[C@@]2(C)[C@@H]1C(=O)OCc1ccccc1. The molecule has 1 aromatic rings. The molecule has 1 aliphatic heterocycles. The second kappa shape index (κ2) is 10.2. The molecule has 42 heavy (non-hydrogen) atoms. The van der Waals surface area contributed by atoms with Gasteiger partial charge in [-0.25, -0.2) is 0 Å². The summed E-state index contributed by atoms with van der Waals surface area (Å²) in [6.07, 6.45) is 6.53. The molecule has 2 N–H and O–H groups in total. The van der Waals surface area contributed by atoms with Crippen molar-refractivity contribution in [2.45, 2.75) is 106 Å². The van der Waals surface area contributed by atoms with E-state index in [0.717, 1.165) is 37.7 Å². The second-order valence-corrected chi connectivity index (χ2v) is 16.3. The number of hydrogen-bond donors (Lipinski definition) is 2. The Hall–Kier alpha value is -1.69. The Morgan fingerprint density at radius 2 is 1.71 bits per heavy atom. The van der Waals surface area contributed by atoms with Crippen LogP contribution in [0, 0.1) is 56.7 Å². The van der Waals surface area contributed by atoms with E-state index in [1.54, 1.807) is 0 Å². The highest BCUT2D eigenvalue weighted by atomic mass is 16.5. The number of carbonyl (C=O) groups is 1. The van der Waals surface area contributed by atoms with Crippen LogP contribution >= 0.6 is 0 Å². The molecule has 5 aliphatic rings. The molecule has 11 atom stereocenters. The third-order valence-electron chi connectivity index (χ3n) is 14.3. The zero-order chi connectivity index (χ0) is 30.3. The molecule has 232 valence electrons. The summed E-state index contributed by atoms with van der Waals surface area (Å²) in [6.45, 7) is 17.7. The summed E-state index contributed by atoms with van der Waals surface area (Å²) in [7, 11) is 0. The molecule has 2 bridgehead atoms. The first-order valence-corrected chi connectivity index (χ1v) is 16.6. The van der Waals surface area contributed by atoms with E-state index in [0.29, 0.717) is 49.9 Å². The lowest BCUT2D eigenvalue weighted by atomic mass is 9.34. The van der Waals surface area contributed by atoms with Crippen LogP contribution in [0.15, 0.2) is 42.0 Å². The van der Waals surface area contributed by atoms with E-state index in [4.69, 9.17) is 9.47 Å². The fourth-order valence-corrected chi connectivity index (χ4v) is 11.4. The molecule has 5 heteroatoms. The number of esters is 1. The highest BCUT2D eigenvalue weighted by Crippen LogP contribution is 2.74. The van der Waals surface area contributed by atoms with Crippen molar-refractivity contribution in [1.82, 2.24) is 0 Å². The van der Waals surface area contributed by atoms with E-state index in [2.05, 4.69) is 54.5 Å². The van der Waals surface area contributed by atoms with Crippen molar-refractivity contribution >= 4 is 5.97 Å². The fraction of sp³-hybridized carbons (Fsp3) is 0.757. The van der Waals surface area contributed by atoms with Crippen LogP contribution in [0.3, 0.4) is 0 Å². The summed E-state index contributed by atoms with van der Waals surface area (Å²) in [6, 6.07) is 10.0. The van der Waals surface area contributed by atoms with E-state index in [1.165, 1.54) is 5.57 Å². The van der Waals surface area contributed by atoms with E-state index >= 15 is 0 Å². The Morgan fingerprint density at radius 1 is 1.00 bits per heavy atom. The number of ether oxygens (including phenoxy) is 2. The summed E-state index contributed by atoms with van der Waals surface area (Å²) >= 11 is 0. The predicted molar refractivity (Wildman–Crippen MR) is 164 cm³/mol. The third kappa shape index (κ3) is 4.01. The summed E-state index contributed by atoms with van der Waals surface area (Å²) in [5.41, 5.74) is 1.27. The normalized spacial score (nSPS) is 47.0. The van der Waals surface area contributed by atoms with Gasteiger partial charge in [-0.3, -0.25) is 4.79 Å². The molecule has 1 heterocycles. The minimum Gasteiger partial charge on any atom is -0.461 e. The summed E-state index contributed by atoms with van der Waals surface area (Å²) in [5, 5.41) is 22.3. The lowest BCUT2D eigenvalue weighted by Crippen LogP contribution is -2.69. The maximum atomic E-state index is 14.5. The van der Waals surface area contributed by atoms with Gasteiger partial charge in [-0.15, -0.1) is 0 Å². The third-order valence-corrected chi connectivity index (χ3v) is 14.3. The predicted octanol–water partition coefficient (Wildman–Crippen LogP) is 6.96. The molecular weight excluding hydrogens is 524 g/mol. The molecule has 0 radical (unpaired) electrons. The molecule has 0 amide bonds. The van der Waals surface area contributed by atoms with Gasteiger partial charge in [0, 0.05) is 10.8 Å². The minimum absolute atomic E-state index is 0.0456. The first-order valence-electron chi connectivity index (χ1n) is 16.6. The molecule has 0 aromatic heterocycles. The highest BCUT2D eigenvalue weighted by molar-refractivity contribution is 5.75. The van der Waals surface area contributed by atoms with Gasteiger partial charge in [-0.05, 0) is 84.0 Å². The van der Waals surface area contributed by atoms with Crippen LogP contribution in [0.1, 0.15) is 92.6 Å². The van der Waals surface area contributed by atoms with Crippen molar-refractivity contribution in [3.8, 4) is 0 Å². The standard InChI is InChI=1S/C37H54O5/c1-23(2)24(3)33(4)17-18-35(6)26-13-14-29-34(5)21-41-22-37(29,19-28(38)31(34)39)27(26)15-16-36(35,7)30(33)32(40)42-20-25-11-9-8-10-12-25/h8-12,15,23-24,26,28-31,38-39H,13-14,16-22H2,1-7H3/t24-,26+,28-,29+,30-,31+,33-,34-,35-,36+,37+/m1/s1. The van der Waals surface area contributed by atoms with Crippen LogP contribution in [0.4, 0.5) is 0 Å². The molecule has 0 spiro atoms. The Balaban J connectivity index is 1.42. The van der Waals surface area contributed by atoms with E-state index in [-0.39, 0.29) is 33.5 Å². The average molecular weight is 579 g/mol. The maximum Gasteiger partial charge on any atom is 0.310 e. The van der Waals surface area contributed by atoms with Gasteiger partial charge < -0.3 is 19.7 Å². The van der Waals surface area contributed by atoms with Gasteiger partial charge in [-0.1, -0.05) is 90.4 Å². The smallest absolute Gasteiger partial charge is 0.310 e. The zero-order valence-electron chi connectivity index (χ0n) is 27.0. The number of hydrogen-bond acceptors (Lipinski definition) is 5. The molecule has 1 saturated heterocycles. The number of aliphatic hydroxyl groups is 2. The molecule has 1 aromatic carbocycles. The number of allylic oxidation sites excluding steroid dienone is 1. The van der Waals surface area contributed by atoms with Gasteiger partial charge in [0.15, 0.2) is 0 Å². The van der Waals surface area contributed by atoms with Crippen LogP contribution in [-0.2, 0) is 20.9 Å². The number of fused-ring (bicyclic) bond motifs is 3. The minimum atomic E-state index is -0.755. The second-order valence-electron chi connectivity index (χ2n) is 16.3. The maximum absolute atomic E-state index is 14.5. The number of carbonyl (C=O) groups excluding carboxylic acids is 1. The van der Waals surface area contributed by atoms with Crippen molar-refractivity contribution in [2.75, 3.05) is 13.2 Å². The van der Waals surface area contributed by atoms with E-state index in [1.807, 2.05) is 30.3 Å². The van der Waals surface area contributed by atoms with Crippen molar-refractivity contribution in [2.24, 2.45) is 56.7 Å². The molecule has 6 rings (SSSR count). The molecule has 3 saturated carbocycles. The van der Waals surface area contributed by atoms with Gasteiger partial charge in [0.25, 0.3) is 0 Å². The Morgan fingerprint density at radius 3 is 2.40 bits per heavy atom. The van der Waals surface area contributed by atoms with Crippen molar-refractivity contribution in [1.29, 1.82) is 0 Å².